The van der Waals surface area contributed by atoms with Gasteiger partial charge in [-0.1, -0.05) is 6.92 Å². The first-order valence-corrected chi connectivity index (χ1v) is 8.37. The number of nitrogens with one attached hydrogen (secondary N) is 1. The number of rotatable bonds is 8. The summed E-state index contributed by atoms with van der Waals surface area (Å²) in [7, 11) is 0. The minimum Gasteiger partial charge on any atom is -0.490 e. The standard InChI is InChI=1S/C16H21BrN2O3/c1-3-7-22-15-13(17)8-11(9-14(15)21-4-2)10-18-19-16(20)12-5-6-12/h8-10,12H,3-7H2,1-2H3,(H,19,20)/b18-10-. The van der Waals surface area contributed by atoms with E-state index in [0.717, 1.165) is 29.3 Å². The van der Waals surface area contributed by atoms with E-state index in [9.17, 15) is 4.79 Å². The number of hydrogen-bond donors (Lipinski definition) is 1. The Hall–Kier alpha value is -1.56. The van der Waals surface area contributed by atoms with Crippen molar-refractivity contribution < 1.29 is 14.3 Å². The Labute approximate surface area is 139 Å². The van der Waals surface area contributed by atoms with Gasteiger partial charge in [-0.3, -0.25) is 4.79 Å². The molecule has 5 nitrogen and oxygen atoms in total. The molecule has 6 heteroatoms. The zero-order valence-electron chi connectivity index (χ0n) is 12.9. The van der Waals surface area contributed by atoms with Crippen LogP contribution in [0.2, 0.25) is 0 Å². The van der Waals surface area contributed by atoms with E-state index in [-0.39, 0.29) is 11.8 Å². The van der Waals surface area contributed by atoms with E-state index in [1.54, 1.807) is 6.21 Å². The Morgan fingerprint density at radius 2 is 2.18 bits per heavy atom. The van der Waals surface area contributed by atoms with Crippen LogP contribution in [-0.2, 0) is 4.79 Å². The Morgan fingerprint density at radius 1 is 1.41 bits per heavy atom. The summed E-state index contributed by atoms with van der Waals surface area (Å²) in [6.45, 7) is 5.16. The molecule has 0 heterocycles. The van der Waals surface area contributed by atoms with E-state index in [4.69, 9.17) is 9.47 Å². The fourth-order valence-electron chi connectivity index (χ4n) is 1.88. The molecule has 120 valence electrons. The number of nitrogens with zero attached hydrogens (tertiary/aromatic N) is 1. The summed E-state index contributed by atoms with van der Waals surface area (Å²) in [5.41, 5.74) is 3.38. The molecule has 0 saturated heterocycles. The highest BCUT2D eigenvalue weighted by Crippen LogP contribution is 2.36. The van der Waals surface area contributed by atoms with Crippen LogP contribution in [0.15, 0.2) is 21.7 Å². The molecule has 1 amide bonds. The molecule has 0 radical (unpaired) electrons. The summed E-state index contributed by atoms with van der Waals surface area (Å²) in [5, 5.41) is 4.00. The van der Waals surface area contributed by atoms with Crippen LogP contribution in [0.25, 0.3) is 0 Å². The number of amides is 1. The van der Waals surface area contributed by atoms with Crippen molar-refractivity contribution in [3.05, 3.63) is 22.2 Å². The van der Waals surface area contributed by atoms with Gasteiger partial charge in [-0.05, 0) is 59.8 Å². The molecule has 1 aliphatic rings. The molecule has 2 rings (SSSR count). The van der Waals surface area contributed by atoms with Crippen molar-refractivity contribution in [2.45, 2.75) is 33.1 Å². The second-order valence-corrected chi connectivity index (χ2v) is 5.97. The summed E-state index contributed by atoms with van der Waals surface area (Å²) >= 11 is 3.50. The quantitative estimate of drug-likeness (QED) is 0.564. The van der Waals surface area contributed by atoms with Gasteiger partial charge in [-0.25, -0.2) is 5.43 Å². The minimum atomic E-state index is -0.0109. The Kier molecular flexibility index (Phi) is 6.24. The van der Waals surface area contributed by atoms with E-state index in [1.807, 2.05) is 19.1 Å². The van der Waals surface area contributed by atoms with Crippen LogP contribution >= 0.6 is 15.9 Å². The predicted molar refractivity (Wildman–Crippen MR) is 89.6 cm³/mol. The summed E-state index contributed by atoms with van der Waals surface area (Å²) < 4.78 is 12.2. The van der Waals surface area contributed by atoms with Crippen LogP contribution in [0.3, 0.4) is 0 Å². The van der Waals surface area contributed by atoms with Gasteiger partial charge in [0.15, 0.2) is 11.5 Å². The van der Waals surface area contributed by atoms with Crippen LogP contribution in [0.5, 0.6) is 11.5 Å². The number of halogens is 1. The van der Waals surface area contributed by atoms with Gasteiger partial charge in [0.25, 0.3) is 0 Å². The predicted octanol–water partition coefficient (Wildman–Crippen LogP) is 3.50. The average molecular weight is 369 g/mol. The van der Waals surface area contributed by atoms with E-state index < -0.39 is 0 Å². The van der Waals surface area contributed by atoms with Gasteiger partial charge in [-0.2, -0.15) is 5.10 Å². The summed E-state index contributed by atoms with van der Waals surface area (Å²) in [4.78, 5) is 11.5. The highest BCUT2D eigenvalue weighted by atomic mass is 79.9. The topological polar surface area (TPSA) is 59.9 Å². The third kappa shape index (κ3) is 4.73. The molecule has 1 N–H and O–H groups in total. The highest BCUT2D eigenvalue weighted by Gasteiger charge is 2.29. The first kappa shape index (κ1) is 16.8. The molecule has 1 fully saturated rings. The van der Waals surface area contributed by atoms with Crippen molar-refractivity contribution in [2.75, 3.05) is 13.2 Å². The lowest BCUT2D eigenvalue weighted by Crippen LogP contribution is -2.18. The van der Waals surface area contributed by atoms with Gasteiger partial charge in [0.05, 0.1) is 23.9 Å². The molecule has 0 spiro atoms. The lowest BCUT2D eigenvalue weighted by molar-refractivity contribution is -0.122. The number of hydrogen-bond acceptors (Lipinski definition) is 4. The lowest BCUT2D eigenvalue weighted by atomic mass is 10.2. The van der Waals surface area contributed by atoms with Crippen LogP contribution in [0.4, 0.5) is 0 Å². The fraction of sp³-hybridized carbons (Fsp3) is 0.500. The number of carbonyl (C=O) groups excluding carboxylic acids is 1. The fourth-order valence-corrected chi connectivity index (χ4v) is 2.45. The zero-order valence-corrected chi connectivity index (χ0v) is 14.5. The van der Waals surface area contributed by atoms with E-state index >= 15 is 0 Å². The third-order valence-corrected chi connectivity index (χ3v) is 3.71. The SMILES string of the molecule is CCCOc1c(Br)cc(/C=N\NC(=O)C2CC2)cc1OCC. The normalized spacial score (nSPS) is 14.1. The molecule has 0 bridgehead atoms. The lowest BCUT2D eigenvalue weighted by Gasteiger charge is -2.14. The van der Waals surface area contributed by atoms with Crippen LogP contribution < -0.4 is 14.9 Å². The van der Waals surface area contributed by atoms with Gasteiger partial charge in [0.1, 0.15) is 0 Å². The van der Waals surface area contributed by atoms with Crippen molar-refractivity contribution in [1.82, 2.24) is 5.43 Å². The molecule has 0 aromatic heterocycles. The zero-order chi connectivity index (χ0) is 15.9. The molecule has 22 heavy (non-hydrogen) atoms. The second-order valence-electron chi connectivity index (χ2n) is 5.12. The van der Waals surface area contributed by atoms with Crippen molar-refractivity contribution in [3.8, 4) is 11.5 Å². The van der Waals surface area contributed by atoms with Crippen molar-refractivity contribution >= 4 is 28.1 Å². The van der Waals surface area contributed by atoms with Gasteiger partial charge >= 0.3 is 0 Å². The Bertz CT molecular complexity index is 557. The van der Waals surface area contributed by atoms with Crippen LogP contribution in [0.1, 0.15) is 38.7 Å². The Balaban J connectivity index is 2.10. The first-order valence-electron chi connectivity index (χ1n) is 7.57. The monoisotopic (exact) mass is 368 g/mol. The van der Waals surface area contributed by atoms with Gasteiger partial charge in [0.2, 0.25) is 5.91 Å². The molecular formula is C16H21BrN2O3. The molecular weight excluding hydrogens is 348 g/mol. The molecule has 0 unspecified atom stereocenters. The minimum absolute atomic E-state index is 0.0109. The van der Waals surface area contributed by atoms with Gasteiger partial charge in [0, 0.05) is 5.92 Å². The molecule has 0 atom stereocenters. The number of carbonyl (C=O) groups is 1. The van der Waals surface area contributed by atoms with Crippen molar-refractivity contribution in [3.63, 3.8) is 0 Å². The third-order valence-electron chi connectivity index (χ3n) is 3.12. The van der Waals surface area contributed by atoms with E-state index in [1.165, 1.54) is 0 Å². The van der Waals surface area contributed by atoms with Crippen LogP contribution in [0, 0.1) is 5.92 Å². The second kappa shape index (κ2) is 8.17. The first-order chi connectivity index (χ1) is 10.7. The highest BCUT2D eigenvalue weighted by molar-refractivity contribution is 9.10. The molecule has 0 aliphatic heterocycles. The van der Waals surface area contributed by atoms with E-state index in [2.05, 4.69) is 33.4 Å². The summed E-state index contributed by atoms with van der Waals surface area (Å²) in [6.07, 6.45) is 4.46. The molecule has 1 aromatic rings. The van der Waals surface area contributed by atoms with Gasteiger partial charge < -0.3 is 9.47 Å². The Morgan fingerprint density at radius 3 is 2.82 bits per heavy atom. The maximum Gasteiger partial charge on any atom is 0.243 e. The van der Waals surface area contributed by atoms with Crippen LogP contribution in [-0.4, -0.2) is 25.3 Å². The van der Waals surface area contributed by atoms with Crippen molar-refractivity contribution in [1.29, 1.82) is 0 Å². The van der Waals surface area contributed by atoms with Crippen molar-refractivity contribution in [2.24, 2.45) is 11.0 Å². The van der Waals surface area contributed by atoms with E-state index in [0.29, 0.717) is 24.7 Å². The summed E-state index contributed by atoms with van der Waals surface area (Å²) in [6, 6.07) is 3.74. The molecule has 1 aromatic carbocycles. The number of ether oxygens (including phenoxy) is 2. The smallest absolute Gasteiger partial charge is 0.243 e. The largest absolute Gasteiger partial charge is 0.490 e. The van der Waals surface area contributed by atoms with Gasteiger partial charge in [-0.15, -0.1) is 0 Å². The molecule has 1 aliphatic carbocycles. The summed E-state index contributed by atoms with van der Waals surface area (Å²) in [5.74, 6) is 1.50. The average Bonchev–Trinajstić information content (AvgIpc) is 3.31. The maximum atomic E-state index is 11.5. The maximum absolute atomic E-state index is 11.5. The number of benzene rings is 1. The molecule has 1 saturated carbocycles. The number of hydrazone groups is 1.